The Morgan fingerprint density at radius 2 is 2.46 bits per heavy atom. The number of amides is 1. The van der Waals surface area contributed by atoms with Crippen LogP contribution in [-0.4, -0.2) is 50.1 Å². The second-order valence-electron chi connectivity index (χ2n) is 3.63. The van der Waals surface area contributed by atoms with Crippen LogP contribution in [0.25, 0.3) is 0 Å². The van der Waals surface area contributed by atoms with Crippen molar-refractivity contribution < 1.29 is 4.79 Å². The smallest absolute Gasteiger partial charge is 0.234 e. The maximum atomic E-state index is 11.2. The minimum absolute atomic E-state index is 0.154. The van der Waals surface area contributed by atoms with Crippen LogP contribution in [0.5, 0.6) is 0 Å². The van der Waals surface area contributed by atoms with Crippen molar-refractivity contribution in [2.45, 2.75) is 19.4 Å². The molecule has 0 saturated carbocycles. The molecule has 0 aliphatic carbocycles. The Morgan fingerprint density at radius 1 is 1.69 bits per heavy atom. The highest BCUT2D eigenvalue weighted by molar-refractivity contribution is 5.78. The molecule has 1 unspecified atom stereocenters. The van der Waals surface area contributed by atoms with Crippen LogP contribution in [0, 0.1) is 0 Å². The Labute approximate surface area is 79.7 Å². The second-order valence-corrected chi connectivity index (χ2v) is 3.63. The van der Waals surface area contributed by atoms with E-state index in [-0.39, 0.29) is 5.91 Å². The van der Waals surface area contributed by atoms with Crippen LogP contribution in [0.1, 0.15) is 13.3 Å². The van der Waals surface area contributed by atoms with Gasteiger partial charge in [0.1, 0.15) is 0 Å². The highest BCUT2D eigenvalue weighted by atomic mass is 16.2. The molecule has 13 heavy (non-hydrogen) atoms. The Bertz CT molecular complexity index is 172. The predicted molar refractivity (Wildman–Crippen MR) is 52.6 cm³/mol. The monoisotopic (exact) mass is 185 g/mol. The van der Waals surface area contributed by atoms with Gasteiger partial charge in [0.15, 0.2) is 0 Å². The summed E-state index contributed by atoms with van der Waals surface area (Å²) in [4.78, 5) is 13.4. The quantitative estimate of drug-likeness (QED) is 0.618. The van der Waals surface area contributed by atoms with E-state index in [0.717, 1.165) is 26.1 Å². The molecule has 0 radical (unpaired) electrons. The number of likely N-dealkylation sites (N-methyl/N-ethyl adjacent to an activating group) is 1. The van der Waals surface area contributed by atoms with Crippen LogP contribution in [0.4, 0.5) is 0 Å². The molecule has 4 heteroatoms. The summed E-state index contributed by atoms with van der Waals surface area (Å²) >= 11 is 0. The maximum absolute atomic E-state index is 11.2. The summed E-state index contributed by atoms with van der Waals surface area (Å²) in [5.74, 6) is 0.154. The molecule has 1 fully saturated rings. The van der Waals surface area contributed by atoms with Crippen molar-refractivity contribution >= 4 is 5.91 Å². The average Bonchev–Trinajstić information content (AvgIpc) is 2.30. The van der Waals surface area contributed by atoms with Gasteiger partial charge in [-0.2, -0.15) is 0 Å². The molecule has 1 amide bonds. The molecule has 1 aliphatic rings. The molecule has 4 nitrogen and oxygen atoms in total. The lowest BCUT2D eigenvalue weighted by molar-refractivity contribution is -0.121. The third kappa shape index (κ3) is 3.74. The summed E-state index contributed by atoms with van der Waals surface area (Å²) in [6, 6.07) is 0.450. The van der Waals surface area contributed by atoms with Crippen molar-refractivity contribution in [3.63, 3.8) is 0 Å². The zero-order chi connectivity index (χ0) is 9.68. The first-order valence-corrected chi connectivity index (χ1v) is 4.88. The van der Waals surface area contributed by atoms with E-state index in [1.165, 1.54) is 0 Å². The van der Waals surface area contributed by atoms with Gasteiger partial charge < -0.3 is 10.6 Å². The first-order valence-electron chi connectivity index (χ1n) is 4.88. The van der Waals surface area contributed by atoms with Crippen LogP contribution in [0.15, 0.2) is 0 Å². The number of hydrogen-bond donors (Lipinski definition) is 2. The fourth-order valence-corrected chi connectivity index (χ4v) is 1.50. The molecule has 0 aromatic carbocycles. The zero-order valence-electron chi connectivity index (χ0n) is 8.47. The van der Waals surface area contributed by atoms with Crippen molar-refractivity contribution in [3.8, 4) is 0 Å². The molecule has 1 heterocycles. The van der Waals surface area contributed by atoms with Crippen LogP contribution in [-0.2, 0) is 4.79 Å². The molecule has 1 atom stereocenters. The van der Waals surface area contributed by atoms with Crippen molar-refractivity contribution in [3.05, 3.63) is 0 Å². The Kier molecular flexibility index (Phi) is 4.18. The molecule has 0 aromatic rings. The summed E-state index contributed by atoms with van der Waals surface area (Å²) in [5.41, 5.74) is 0. The average molecular weight is 185 g/mol. The zero-order valence-corrected chi connectivity index (χ0v) is 8.47. The van der Waals surface area contributed by atoms with Crippen LogP contribution in [0.3, 0.4) is 0 Å². The van der Waals surface area contributed by atoms with Gasteiger partial charge in [0, 0.05) is 25.7 Å². The van der Waals surface area contributed by atoms with Gasteiger partial charge in [-0.25, -0.2) is 0 Å². The Hall–Kier alpha value is -0.610. The van der Waals surface area contributed by atoms with Gasteiger partial charge >= 0.3 is 0 Å². The summed E-state index contributed by atoms with van der Waals surface area (Å²) < 4.78 is 0. The minimum Gasteiger partial charge on any atom is -0.355 e. The first kappa shape index (κ1) is 10.5. The summed E-state index contributed by atoms with van der Waals surface area (Å²) in [6.07, 6.45) is 1.06. The fraction of sp³-hybridized carbons (Fsp3) is 0.889. The van der Waals surface area contributed by atoms with E-state index in [0.29, 0.717) is 12.6 Å². The molecule has 0 spiro atoms. The minimum atomic E-state index is 0.154. The number of nitrogens with one attached hydrogen (secondary N) is 2. The third-order valence-electron chi connectivity index (χ3n) is 2.37. The normalized spacial score (nSPS) is 22.2. The molecule has 76 valence electrons. The molecule has 1 rings (SSSR count). The Morgan fingerprint density at radius 3 is 3.15 bits per heavy atom. The molecule has 1 saturated heterocycles. The van der Waals surface area contributed by atoms with Crippen molar-refractivity contribution in [2.75, 3.05) is 33.2 Å². The van der Waals surface area contributed by atoms with Crippen LogP contribution >= 0.6 is 0 Å². The third-order valence-corrected chi connectivity index (χ3v) is 2.37. The lowest BCUT2D eigenvalue weighted by Gasteiger charge is -2.22. The number of hydrogen-bond acceptors (Lipinski definition) is 3. The molecule has 0 bridgehead atoms. The van der Waals surface area contributed by atoms with E-state index < -0.39 is 0 Å². The second kappa shape index (κ2) is 5.19. The van der Waals surface area contributed by atoms with Gasteiger partial charge in [-0.15, -0.1) is 0 Å². The molecule has 0 aromatic heterocycles. The molecule has 2 N–H and O–H groups in total. The molecular weight excluding hydrogens is 166 g/mol. The highest BCUT2D eigenvalue weighted by Gasteiger charge is 2.15. The van der Waals surface area contributed by atoms with Crippen LogP contribution < -0.4 is 10.6 Å². The Balaban J connectivity index is 2.34. The van der Waals surface area contributed by atoms with E-state index in [9.17, 15) is 4.79 Å². The highest BCUT2D eigenvalue weighted by Crippen LogP contribution is 1.97. The molecular formula is C9H19N3O. The van der Waals surface area contributed by atoms with E-state index in [1.807, 2.05) is 7.05 Å². The lowest BCUT2D eigenvalue weighted by atomic mass is 10.3. The van der Waals surface area contributed by atoms with Gasteiger partial charge in [-0.1, -0.05) is 0 Å². The van der Waals surface area contributed by atoms with Crippen molar-refractivity contribution in [2.24, 2.45) is 0 Å². The molecule has 1 aliphatic heterocycles. The summed E-state index contributed by atoms with van der Waals surface area (Å²) in [6.45, 7) is 5.47. The van der Waals surface area contributed by atoms with E-state index in [1.54, 1.807) is 0 Å². The first-order chi connectivity index (χ1) is 6.22. The van der Waals surface area contributed by atoms with E-state index in [4.69, 9.17) is 0 Å². The van der Waals surface area contributed by atoms with Crippen molar-refractivity contribution in [1.82, 2.24) is 15.5 Å². The predicted octanol–water partition coefficient (Wildman–Crippen LogP) is -0.584. The number of carbonyl (C=O) groups is 1. The van der Waals surface area contributed by atoms with Gasteiger partial charge in [-0.05, 0) is 20.4 Å². The topological polar surface area (TPSA) is 44.4 Å². The largest absolute Gasteiger partial charge is 0.355 e. The van der Waals surface area contributed by atoms with Gasteiger partial charge in [0.25, 0.3) is 0 Å². The lowest BCUT2D eigenvalue weighted by Crippen LogP contribution is -2.40. The standard InChI is InChI=1S/C9H19N3O/c1-8(10-2)6-12-5-3-4-11-9(13)7-12/h8,10H,3-7H2,1-2H3,(H,11,13). The number of nitrogens with zero attached hydrogens (tertiary/aromatic N) is 1. The fourth-order valence-electron chi connectivity index (χ4n) is 1.50. The number of carbonyl (C=O) groups excluding carboxylic acids is 1. The van der Waals surface area contributed by atoms with Gasteiger partial charge in [0.05, 0.1) is 6.54 Å². The van der Waals surface area contributed by atoms with Crippen molar-refractivity contribution in [1.29, 1.82) is 0 Å². The van der Waals surface area contributed by atoms with E-state index >= 15 is 0 Å². The maximum Gasteiger partial charge on any atom is 0.234 e. The van der Waals surface area contributed by atoms with Gasteiger partial charge in [-0.3, -0.25) is 9.69 Å². The SMILES string of the molecule is CNC(C)CN1CCCNC(=O)C1. The van der Waals surface area contributed by atoms with Crippen LogP contribution in [0.2, 0.25) is 0 Å². The summed E-state index contributed by atoms with van der Waals surface area (Å²) in [5, 5.41) is 6.04. The van der Waals surface area contributed by atoms with Gasteiger partial charge in [0.2, 0.25) is 5.91 Å². The number of rotatable bonds is 3. The van der Waals surface area contributed by atoms with E-state index in [2.05, 4.69) is 22.5 Å². The summed E-state index contributed by atoms with van der Waals surface area (Å²) in [7, 11) is 1.95.